The number of halogens is 1. The lowest BCUT2D eigenvalue weighted by atomic mass is 10.2. The van der Waals surface area contributed by atoms with E-state index in [-0.39, 0.29) is 10.5 Å². The van der Waals surface area contributed by atoms with E-state index in [9.17, 15) is 18.0 Å². The van der Waals surface area contributed by atoms with Crippen molar-refractivity contribution in [2.75, 3.05) is 11.9 Å². The summed E-state index contributed by atoms with van der Waals surface area (Å²) in [5.74, 6) is -1.44. The first-order chi connectivity index (χ1) is 13.4. The van der Waals surface area contributed by atoms with Crippen LogP contribution in [0.2, 0.25) is 5.02 Å². The molecule has 2 amide bonds. The minimum atomic E-state index is -4.08. The average molecular weight is 418 g/mol. The van der Waals surface area contributed by atoms with Gasteiger partial charge >= 0.3 is 0 Å². The molecule has 2 heterocycles. The highest BCUT2D eigenvalue weighted by molar-refractivity contribution is 7.90. The SMILES string of the molecule is O=C(CN1C(=O)c2ccccc2S1(=O)=O)Nc1cc(Cl)ccc1-n1cncn1. The lowest BCUT2D eigenvalue weighted by molar-refractivity contribution is -0.116. The Morgan fingerprint density at radius 3 is 2.68 bits per heavy atom. The van der Waals surface area contributed by atoms with Crippen LogP contribution in [-0.2, 0) is 14.8 Å². The number of rotatable bonds is 4. The molecular weight excluding hydrogens is 406 g/mol. The monoisotopic (exact) mass is 417 g/mol. The standard InChI is InChI=1S/C17H12ClN5O4S/c18-11-5-6-14(22-10-19-9-20-22)13(7-11)21-16(24)8-23-17(25)12-3-1-2-4-15(12)28(23,26)27/h1-7,9-10H,8H2,(H,21,24). The summed E-state index contributed by atoms with van der Waals surface area (Å²) in [6.07, 6.45) is 2.76. The smallest absolute Gasteiger partial charge is 0.269 e. The number of aromatic nitrogens is 3. The summed E-state index contributed by atoms with van der Waals surface area (Å²) < 4.78 is 27.1. The van der Waals surface area contributed by atoms with Gasteiger partial charge in [0.05, 0.1) is 16.9 Å². The van der Waals surface area contributed by atoms with Crippen LogP contribution in [0, 0.1) is 0 Å². The molecule has 0 aliphatic carbocycles. The summed E-state index contributed by atoms with van der Waals surface area (Å²) in [6, 6.07) is 10.5. The summed E-state index contributed by atoms with van der Waals surface area (Å²) in [5, 5.41) is 6.94. The molecule has 11 heteroatoms. The number of sulfonamides is 1. The van der Waals surface area contributed by atoms with Gasteiger partial charge in [0.1, 0.15) is 24.1 Å². The van der Waals surface area contributed by atoms with E-state index in [0.717, 1.165) is 0 Å². The van der Waals surface area contributed by atoms with E-state index in [2.05, 4.69) is 15.4 Å². The molecule has 9 nitrogen and oxygen atoms in total. The van der Waals surface area contributed by atoms with Crippen molar-refractivity contribution >= 4 is 39.1 Å². The van der Waals surface area contributed by atoms with E-state index in [4.69, 9.17) is 11.6 Å². The molecular formula is C17H12ClN5O4S. The molecule has 4 rings (SSSR count). The number of anilines is 1. The van der Waals surface area contributed by atoms with Crippen LogP contribution in [0.5, 0.6) is 0 Å². The second-order valence-electron chi connectivity index (χ2n) is 5.86. The predicted octanol–water partition coefficient (Wildman–Crippen LogP) is 1.70. The highest BCUT2D eigenvalue weighted by atomic mass is 35.5. The third kappa shape index (κ3) is 3.02. The molecule has 1 aliphatic heterocycles. The Balaban J connectivity index is 1.60. The van der Waals surface area contributed by atoms with E-state index < -0.39 is 28.4 Å². The summed E-state index contributed by atoms with van der Waals surface area (Å²) >= 11 is 6.00. The van der Waals surface area contributed by atoms with Gasteiger partial charge in [-0.05, 0) is 30.3 Å². The van der Waals surface area contributed by atoms with Crippen LogP contribution >= 0.6 is 11.6 Å². The molecule has 1 aliphatic rings. The molecule has 0 fully saturated rings. The second-order valence-corrected chi connectivity index (χ2v) is 8.13. The zero-order valence-corrected chi connectivity index (χ0v) is 15.7. The zero-order valence-electron chi connectivity index (χ0n) is 14.1. The van der Waals surface area contributed by atoms with Crippen molar-refractivity contribution in [1.82, 2.24) is 19.1 Å². The lowest BCUT2D eigenvalue weighted by Crippen LogP contribution is -2.37. The van der Waals surface area contributed by atoms with Gasteiger partial charge in [-0.2, -0.15) is 5.10 Å². The minimum Gasteiger partial charge on any atom is -0.323 e. The third-order valence-electron chi connectivity index (χ3n) is 4.10. The van der Waals surface area contributed by atoms with Gasteiger partial charge in [0.2, 0.25) is 5.91 Å². The molecule has 0 bridgehead atoms. The molecule has 0 atom stereocenters. The Hall–Kier alpha value is -3.24. The van der Waals surface area contributed by atoms with Crippen LogP contribution in [0.4, 0.5) is 5.69 Å². The molecule has 0 radical (unpaired) electrons. The Labute approximate surface area is 164 Å². The van der Waals surface area contributed by atoms with Gasteiger partial charge in [-0.1, -0.05) is 23.7 Å². The fourth-order valence-electron chi connectivity index (χ4n) is 2.85. The van der Waals surface area contributed by atoms with Crippen LogP contribution in [0.25, 0.3) is 5.69 Å². The summed E-state index contributed by atoms with van der Waals surface area (Å²) in [4.78, 5) is 28.7. The molecule has 0 saturated heterocycles. The molecule has 0 spiro atoms. The highest BCUT2D eigenvalue weighted by Gasteiger charge is 2.41. The molecule has 1 aromatic heterocycles. The number of benzene rings is 2. The van der Waals surface area contributed by atoms with Gasteiger partial charge in [-0.15, -0.1) is 0 Å². The van der Waals surface area contributed by atoms with E-state index in [1.54, 1.807) is 18.2 Å². The second kappa shape index (κ2) is 6.73. The van der Waals surface area contributed by atoms with Crippen molar-refractivity contribution < 1.29 is 18.0 Å². The fourth-order valence-corrected chi connectivity index (χ4v) is 4.55. The van der Waals surface area contributed by atoms with Gasteiger partial charge in [-0.25, -0.2) is 22.4 Å². The Kier molecular flexibility index (Phi) is 4.36. The van der Waals surface area contributed by atoms with Crippen molar-refractivity contribution in [2.24, 2.45) is 0 Å². The largest absolute Gasteiger partial charge is 0.323 e. The molecule has 0 unspecified atom stereocenters. The van der Waals surface area contributed by atoms with Gasteiger partial charge < -0.3 is 5.32 Å². The Morgan fingerprint density at radius 1 is 1.18 bits per heavy atom. The number of fused-ring (bicyclic) bond motifs is 1. The fraction of sp³-hybridized carbons (Fsp3) is 0.0588. The van der Waals surface area contributed by atoms with Crippen molar-refractivity contribution in [2.45, 2.75) is 4.90 Å². The van der Waals surface area contributed by atoms with Crippen LogP contribution in [-0.4, -0.2) is 45.8 Å². The molecule has 142 valence electrons. The van der Waals surface area contributed by atoms with E-state index in [1.165, 1.54) is 41.6 Å². The number of nitrogens with one attached hydrogen (secondary N) is 1. The third-order valence-corrected chi connectivity index (χ3v) is 6.12. The molecule has 3 aromatic rings. The van der Waals surface area contributed by atoms with Crippen LogP contribution in [0.3, 0.4) is 0 Å². The number of carbonyl (C=O) groups excluding carboxylic acids is 2. The number of hydrogen-bond donors (Lipinski definition) is 1. The zero-order chi connectivity index (χ0) is 19.9. The van der Waals surface area contributed by atoms with E-state index >= 15 is 0 Å². The van der Waals surface area contributed by atoms with Crippen molar-refractivity contribution in [3.05, 3.63) is 65.7 Å². The average Bonchev–Trinajstić information content (AvgIpc) is 3.25. The summed E-state index contributed by atoms with van der Waals surface area (Å²) in [5.41, 5.74) is 0.819. The number of hydrogen-bond acceptors (Lipinski definition) is 6. The predicted molar refractivity (Wildman–Crippen MR) is 99.7 cm³/mol. The molecule has 28 heavy (non-hydrogen) atoms. The number of nitrogens with zero attached hydrogens (tertiary/aromatic N) is 4. The first kappa shape index (κ1) is 18.1. The Bertz CT molecular complexity index is 1190. The first-order valence-electron chi connectivity index (χ1n) is 7.98. The molecule has 1 N–H and O–H groups in total. The maximum atomic E-state index is 12.6. The molecule has 2 aromatic carbocycles. The van der Waals surface area contributed by atoms with Crippen molar-refractivity contribution in [1.29, 1.82) is 0 Å². The normalized spacial score (nSPS) is 14.8. The number of amides is 2. The number of carbonyl (C=O) groups is 2. The Morgan fingerprint density at radius 2 is 1.96 bits per heavy atom. The minimum absolute atomic E-state index is 0.0429. The van der Waals surface area contributed by atoms with Crippen LogP contribution in [0.1, 0.15) is 10.4 Å². The molecule has 0 saturated carbocycles. The van der Waals surface area contributed by atoms with Crippen LogP contribution in [0.15, 0.2) is 60.0 Å². The van der Waals surface area contributed by atoms with E-state index in [1.807, 2.05) is 0 Å². The van der Waals surface area contributed by atoms with Gasteiger partial charge in [0, 0.05) is 5.02 Å². The van der Waals surface area contributed by atoms with E-state index in [0.29, 0.717) is 20.7 Å². The maximum absolute atomic E-state index is 12.6. The van der Waals surface area contributed by atoms with Crippen molar-refractivity contribution in [3.63, 3.8) is 0 Å². The van der Waals surface area contributed by atoms with Crippen molar-refractivity contribution in [3.8, 4) is 5.69 Å². The van der Waals surface area contributed by atoms with Gasteiger partial charge in [-0.3, -0.25) is 9.59 Å². The topological polar surface area (TPSA) is 114 Å². The summed E-state index contributed by atoms with van der Waals surface area (Å²) in [6.45, 7) is -0.668. The first-order valence-corrected chi connectivity index (χ1v) is 9.80. The highest BCUT2D eigenvalue weighted by Crippen LogP contribution is 2.30. The summed E-state index contributed by atoms with van der Waals surface area (Å²) in [7, 11) is -4.08. The van der Waals surface area contributed by atoms with Crippen LogP contribution < -0.4 is 5.32 Å². The quantitative estimate of drug-likeness (QED) is 0.691. The maximum Gasteiger partial charge on any atom is 0.269 e. The van der Waals surface area contributed by atoms with Gasteiger partial charge in [0.25, 0.3) is 15.9 Å². The van der Waals surface area contributed by atoms with Gasteiger partial charge in [0.15, 0.2) is 0 Å². The lowest BCUT2D eigenvalue weighted by Gasteiger charge is -2.16.